The van der Waals surface area contributed by atoms with Gasteiger partial charge >= 0.3 is 0 Å². The number of benzene rings is 1. The zero-order valence-corrected chi connectivity index (χ0v) is 10.6. The molecule has 0 saturated carbocycles. The molecule has 0 spiro atoms. The molecule has 1 aromatic carbocycles. The van der Waals surface area contributed by atoms with E-state index in [1.165, 1.54) is 22.6 Å². The lowest BCUT2D eigenvalue weighted by molar-refractivity contribution is -0.117. The molecule has 3 rings (SSSR count). The van der Waals surface area contributed by atoms with Gasteiger partial charge in [0.05, 0.1) is 17.8 Å². The SMILES string of the molecule is O=C1CN(c2csc(-c3ccccc3)c2)SN1. The van der Waals surface area contributed by atoms with Gasteiger partial charge in [-0.3, -0.25) is 13.8 Å². The maximum atomic E-state index is 11.1. The van der Waals surface area contributed by atoms with Gasteiger partial charge in [-0.1, -0.05) is 30.3 Å². The molecule has 1 N–H and O–H groups in total. The van der Waals surface area contributed by atoms with Gasteiger partial charge in [-0.2, -0.15) is 0 Å². The van der Waals surface area contributed by atoms with Gasteiger partial charge in [-0.25, -0.2) is 0 Å². The fraction of sp³-hybridized carbons (Fsp3) is 0.0833. The van der Waals surface area contributed by atoms with Crippen molar-refractivity contribution in [2.24, 2.45) is 0 Å². The summed E-state index contributed by atoms with van der Waals surface area (Å²) in [4.78, 5) is 12.4. The minimum Gasteiger partial charge on any atom is -0.288 e. The van der Waals surface area contributed by atoms with Crippen LogP contribution in [0.2, 0.25) is 0 Å². The Morgan fingerprint density at radius 1 is 1.24 bits per heavy atom. The summed E-state index contributed by atoms with van der Waals surface area (Å²) in [7, 11) is 0. The molecule has 0 radical (unpaired) electrons. The van der Waals surface area contributed by atoms with Crippen LogP contribution in [-0.2, 0) is 4.79 Å². The molecule has 0 atom stereocenters. The van der Waals surface area contributed by atoms with Crippen molar-refractivity contribution in [2.45, 2.75) is 0 Å². The predicted octanol–water partition coefficient (Wildman–Crippen LogP) is 2.91. The van der Waals surface area contributed by atoms with Crippen molar-refractivity contribution in [3.8, 4) is 10.4 Å². The second-order valence-corrected chi connectivity index (χ2v) is 5.43. The summed E-state index contributed by atoms with van der Waals surface area (Å²) in [5.74, 6) is 0.0578. The zero-order chi connectivity index (χ0) is 11.7. The Labute approximate surface area is 108 Å². The Hall–Kier alpha value is -1.46. The third kappa shape index (κ3) is 2.16. The summed E-state index contributed by atoms with van der Waals surface area (Å²) in [5, 5.41) is 2.08. The third-order valence-corrected chi connectivity index (χ3v) is 4.33. The van der Waals surface area contributed by atoms with Gasteiger partial charge in [0.2, 0.25) is 0 Å². The van der Waals surface area contributed by atoms with E-state index < -0.39 is 0 Å². The highest BCUT2D eigenvalue weighted by atomic mass is 32.2. The Balaban J connectivity index is 1.86. The molecule has 1 amide bonds. The van der Waals surface area contributed by atoms with E-state index in [0.717, 1.165) is 5.69 Å². The maximum Gasteiger partial charge on any atom is 0.251 e. The first kappa shape index (κ1) is 10.7. The standard InChI is InChI=1S/C12H10N2OS2/c15-12-7-14(17-13-12)10-6-11(16-8-10)9-4-2-1-3-5-9/h1-6,8H,7H2,(H,13,15). The van der Waals surface area contributed by atoms with Gasteiger partial charge in [0.15, 0.2) is 0 Å². The summed E-state index contributed by atoms with van der Waals surface area (Å²) in [6, 6.07) is 12.4. The molecule has 0 aliphatic carbocycles. The number of amides is 1. The van der Waals surface area contributed by atoms with Crippen LogP contribution in [0.5, 0.6) is 0 Å². The van der Waals surface area contributed by atoms with E-state index in [9.17, 15) is 4.79 Å². The first-order valence-corrected chi connectivity index (χ1v) is 6.85. The van der Waals surface area contributed by atoms with Gasteiger partial charge in [-0.15, -0.1) is 11.3 Å². The average Bonchev–Trinajstić information content (AvgIpc) is 2.98. The lowest BCUT2D eigenvalue weighted by Gasteiger charge is -2.09. The van der Waals surface area contributed by atoms with E-state index in [2.05, 4.69) is 28.3 Å². The van der Waals surface area contributed by atoms with Crippen molar-refractivity contribution in [1.82, 2.24) is 4.72 Å². The van der Waals surface area contributed by atoms with Crippen molar-refractivity contribution in [3.63, 3.8) is 0 Å². The van der Waals surface area contributed by atoms with Gasteiger partial charge < -0.3 is 0 Å². The highest BCUT2D eigenvalue weighted by Crippen LogP contribution is 2.34. The lowest BCUT2D eigenvalue weighted by Crippen LogP contribution is -2.14. The van der Waals surface area contributed by atoms with Crippen LogP contribution in [0.15, 0.2) is 41.8 Å². The van der Waals surface area contributed by atoms with Crippen LogP contribution in [0.4, 0.5) is 5.69 Å². The highest BCUT2D eigenvalue weighted by molar-refractivity contribution is 7.99. The van der Waals surface area contributed by atoms with E-state index in [1.54, 1.807) is 11.3 Å². The summed E-state index contributed by atoms with van der Waals surface area (Å²) in [6.07, 6.45) is 0. The molecule has 5 heteroatoms. The second-order valence-electron chi connectivity index (χ2n) is 3.69. The van der Waals surface area contributed by atoms with Crippen molar-refractivity contribution in [1.29, 1.82) is 0 Å². The molecule has 17 heavy (non-hydrogen) atoms. The van der Waals surface area contributed by atoms with Gasteiger partial charge in [0.1, 0.15) is 6.54 Å². The van der Waals surface area contributed by atoms with Gasteiger partial charge in [0.25, 0.3) is 5.91 Å². The van der Waals surface area contributed by atoms with Crippen LogP contribution < -0.4 is 9.03 Å². The molecule has 2 aromatic rings. The first-order valence-electron chi connectivity index (χ1n) is 5.20. The monoisotopic (exact) mass is 262 g/mol. The minimum atomic E-state index is 0.0578. The van der Waals surface area contributed by atoms with E-state index in [1.807, 2.05) is 22.5 Å². The van der Waals surface area contributed by atoms with Crippen molar-refractivity contribution >= 4 is 35.1 Å². The number of rotatable bonds is 2. The Bertz CT molecular complexity index is 538. The molecule has 0 bridgehead atoms. The molecule has 1 fully saturated rings. The number of hydrogen-bond acceptors (Lipinski definition) is 4. The molecule has 3 nitrogen and oxygen atoms in total. The van der Waals surface area contributed by atoms with E-state index in [4.69, 9.17) is 0 Å². The molecule has 1 aliphatic rings. The normalized spacial score (nSPS) is 15.1. The average molecular weight is 262 g/mol. The third-order valence-electron chi connectivity index (χ3n) is 2.49. The van der Waals surface area contributed by atoms with Gasteiger partial charge in [-0.05, 0) is 11.6 Å². The number of carbonyl (C=O) groups is 1. The van der Waals surface area contributed by atoms with Crippen molar-refractivity contribution in [2.75, 3.05) is 10.8 Å². The number of carbonyl (C=O) groups excluding carboxylic acids is 1. The van der Waals surface area contributed by atoms with E-state index >= 15 is 0 Å². The van der Waals surface area contributed by atoms with Gasteiger partial charge in [0, 0.05) is 10.3 Å². The fourth-order valence-corrected chi connectivity index (χ4v) is 3.30. The minimum absolute atomic E-state index is 0.0578. The van der Waals surface area contributed by atoms with Crippen LogP contribution in [-0.4, -0.2) is 12.5 Å². The summed E-state index contributed by atoms with van der Waals surface area (Å²) < 4.78 is 4.69. The van der Waals surface area contributed by atoms with E-state index in [-0.39, 0.29) is 5.91 Å². The summed E-state index contributed by atoms with van der Waals surface area (Å²) in [5.41, 5.74) is 2.30. The Kier molecular flexibility index (Phi) is 2.78. The number of nitrogens with one attached hydrogen (secondary N) is 1. The van der Waals surface area contributed by atoms with Crippen molar-refractivity contribution < 1.29 is 4.79 Å². The van der Waals surface area contributed by atoms with Crippen LogP contribution in [0.25, 0.3) is 10.4 Å². The quantitative estimate of drug-likeness (QED) is 0.845. The smallest absolute Gasteiger partial charge is 0.251 e. The van der Waals surface area contributed by atoms with Crippen LogP contribution >= 0.6 is 23.5 Å². The topological polar surface area (TPSA) is 32.3 Å². The molecule has 0 unspecified atom stereocenters. The molecule has 86 valence electrons. The number of thiophene rings is 1. The molecular formula is C12H10N2OS2. The van der Waals surface area contributed by atoms with Crippen LogP contribution in [0.1, 0.15) is 0 Å². The molecular weight excluding hydrogens is 252 g/mol. The highest BCUT2D eigenvalue weighted by Gasteiger charge is 2.21. The second kappa shape index (κ2) is 4.43. The lowest BCUT2D eigenvalue weighted by atomic mass is 10.2. The molecule has 2 heterocycles. The largest absolute Gasteiger partial charge is 0.288 e. The zero-order valence-electron chi connectivity index (χ0n) is 8.92. The number of hydrogen-bond donors (Lipinski definition) is 1. The fourth-order valence-electron chi connectivity index (χ4n) is 1.66. The Morgan fingerprint density at radius 3 is 2.76 bits per heavy atom. The Morgan fingerprint density at radius 2 is 2.06 bits per heavy atom. The van der Waals surface area contributed by atoms with Crippen LogP contribution in [0, 0.1) is 0 Å². The summed E-state index contributed by atoms with van der Waals surface area (Å²) in [6.45, 7) is 0.426. The predicted molar refractivity (Wildman–Crippen MR) is 72.8 cm³/mol. The van der Waals surface area contributed by atoms with Crippen LogP contribution in [0.3, 0.4) is 0 Å². The summed E-state index contributed by atoms with van der Waals surface area (Å²) >= 11 is 3.05. The maximum absolute atomic E-state index is 11.1. The van der Waals surface area contributed by atoms with E-state index in [0.29, 0.717) is 6.54 Å². The number of nitrogens with zero attached hydrogens (tertiary/aromatic N) is 1. The molecule has 1 aromatic heterocycles. The number of anilines is 1. The molecule has 1 aliphatic heterocycles. The van der Waals surface area contributed by atoms with Crippen molar-refractivity contribution in [3.05, 3.63) is 41.8 Å². The molecule has 1 saturated heterocycles. The first-order chi connectivity index (χ1) is 8.33.